The number of nitrogens with one attached hydrogen (secondary N) is 1. The lowest BCUT2D eigenvalue weighted by atomic mass is 9.93. The maximum atomic E-state index is 12.2. The zero-order valence-electron chi connectivity index (χ0n) is 12.2. The van der Waals surface area contributed by atoms with E-state index in [1.54, 1.807) is 4.90 Å². The second kappa shape index (κ2) is 9.15. The van der Waals surface area contributed by atoms with Gasteiger partial charge in [-0.2, -0.15) is 0 Å². The third-order valence-corrected chi connectivity index (χ3v) is 3.76. The van der Waals surface area contributed by atoms with Crippen molar-refractivity contribution in [3.63, 3.8) is 0 Å². The summed E-state index contributed by atoms with van der Waals surface area (Å²) in [5, 5.41) is 12.1. The Bertz CT molecular complexity index is 255. The highest BCUT2D eigenvalue weighted by Crippen LogP contribution is 2.18. The molecule has 0 saturated carbocycles. The summed E-state index contributed by atoms with van der Waals surface area (Å²) in [4.78, 5) is 13.9. The first-order valence-electron chi connectivity index (χ1n) is 7.43. The van der Waals surface area contributed by atoms with E-state index in [0.717, 1.165) is 38.9 Å². The molecule has 2 amide bonds. The van der Waals surface area contributed by atoms with Crippen LogP contribution in [0.1, 0.15) is 39.5 Å². The first-order valence-corrected chi connectivity index (χ1v) is 7.43. The Hall–Kier alpha value is -0.810. The molecule has 2 N–H and O–H groups in total. The van der Waals surface area contributed by atoms with Crippen LogP contribution in [0.15, 0.2) is 0 Å². The van der Waals surface area contributed by atoms with Crippen LogP contribution in [0.5, 0.6) is 0 Å². The van der Waals surface area contributed by atoms with Gasteiger partial charge in [-0.1, -0.05) is 13.3 Å². The average Bonchev–Trinajstić information content (AvgIpc) is 2.44. The van der Waals surface area contributed by atoms with Crippen molar-refractivity contribution in [1.82, 2.24) is 10.2 Å². The molecule has 1 unspecified atom stereocenters. The molecule has 112 valence electrons. The lowest BCUT2D eigenvalue weighted by Crippen LogP contribution is -2.48. The van der Waals surface area contributed by atoms with Crippen LogP contribution in [0.25, 0.3) is 0 Å². The SMILES string of the molecule is CCCCN(CCO)C(=O)NC(C)C1CCOCC1. The summed E-state index contributed by atoms with van der Waals surface area (Å²) in [6, 6.07) is 0.112. The fourth-order valence-electron chi connectivity index (χ4n) is 2.40. The maximum Gasteiger partial charge on any atom is 0.317 e. The predicted octanol–water partition coefficient (Wildman–Crippen LogP) is 1.61. The van der Waals surface area contributed by atoms with E-state index in [4.69, 9.17) is 9.84 Å². The molecule has 0 aromatic heterocycles. The number of urea groups is 1. The zero-order chi connectivity index (χ0) is 14.1. The van der Waals surface area contributed by atoms with Crippen LogP contribution in [0.4, 0.5) is 4.79 Å². The van der Waals surface area contributed by atoms with Crippen molar-refractivity contribution in [2.45, 2.75) is 45.6 Å². The number of unbranched alkanes of at least 4 members (excludes halogenated alkanes) is 1. The molecule has 0 radical (unpaired) electrons. The monoisotopic (exact) mass is 272 g/mol. The average molecular weight is 272 g/mol. The predicted molar refractivity (Wildman–Crippen MR) is 75.1 cm³/mol. The maximum absolute atomic E-state index is 12.2. The van der Waals surface area contributed by atoms with Crippen LogP contribution in [-0.2, 0) is 4.74 Å². The number of aliphatic hydroxyl groups excluding tert-OH is 1. The number of nitrogens with zero attached hydrogens (tertiary/aromatic N) is 1. The van der Waals surface area contributed by atoms with Gasteiger partial charge < -0.3 is 20.1 Å². The third-order valence-electron chi connectivity index (χ3n) is 3.76. The molecule has 0 aliphatic carbocycles. The van der Waals surface area contributed by atoms with Gasteiger partial charge in [-0.15, -0.1) is 0 Å². The molecule has 1 aliphatic heterocycles. The van der Waals surface area contributed by atoms with Crippen LogP contribution >= 0.6 is 0 Å². The molecule has 5 heteroatoms. The Morgan fingerprint density at radius 2 is 2.11 bits per heavy atom. The van der Waals surface area contributed by atoms with E-state index in [0.29, 0.717) is 19.0 Å². The molecule has 0 bridgehead atoms. The number of carbonyl (C=O) groups excluding carboxylic acids is 1. The molecule has 19 heavy (non-hydrogen) atoms. The smallest absolute Gasteiger partial charge is 0.317 e. The summed E-state index contributed by atoms with van der Waals surface area (Å²) < 4.78 is 5.34. The summed E-state index contributed by atoms with van der Waals surface area (Å²) in [7, 11) is 0. The van der Waals surface area contributed by atoms with Crippen molar-refractivity contribution in [2.75, 3.05) is 32.9 Å². The van der Waals surface area contributed by atoms with Crippen molar-refractivity contribution in [3.05, 3.63) is 0 Å². The quantitative estimate of drug-likeness (QED) is 0.740. The van der Waals surface area contributed by atoms with E-state index in [1.165, 1.54) is 0 Å². The van der Waals surface area contributed by atoms with E-state index in [1.807, 2.05) is 0 Å². The van der Waals surface area contributed by atoms with Gasteiger partial charge in [0, 0.05) is 32.3 Å². The number of carbonyl (C=O) groups is 1. The Morgan fingerprint density at radius 1 is 1.42 bits per heavy atom. The van der Waals surface area contributed by atoms with E-state index < -0.39 is 0 Å². The van der Waals surface area contributed by atoms with Gasteiger partial charge in [-0.25, -0.2) is 4.79 Å². The minimum Gasteiger partial charge on any atom is -0.395 e. The summed E-state index contributed by atoms with van der Waals surface area (Å²) in [5.41, 5.74) is 0. The zero-order valence-corrected chi connectivity index (χ0v) is 12.2. The molecule has 1 rings (SSSR count). The highest BCUT2D eigenvalue weighted by atomic mass is 16.5. The van der Waals surface area contributed by atoms with Crippen LogP contribution < -0.4 is 5.32 Å². The van der Waals surface area contributed by atoms with Crippen LogP contribution in [0, 0.1) is 5.92 Å². The molecular weight excluding hydrogens is 244 g/mol. The number of amides is 2. The van der Waals surface area contributed by atoms with Gasteiger partial charge in [-0.05, 0) is 32.1 Å². The van der Waals surface area contributed by atoms with E-state index in [2.05, 4.69) is 19.2 Å². The Morgan fingerprint density at radius 3 is 2.68 bits per heavy atom. The Kier molecular flexibility index (Phi) is 7.82. The van der Waals surface area contributed by atoms with Gasteiger partial charge in [0.2, 0.25) is 0 Å². The van der Waals surface area contributed by atoms with Crippen molar-refractivity contribution in [3.8, 4) is 0 Å². The molecule has 1 atom stereocenters. The highest BCUT2D eigenvalue weighted by Gasteiger charge is 2.23. The number of hydrogen-bond acceptors (Lipinski definition) is 3. The number of rotatable bonds is 7. The fraction of sp³-hybridized carbons (Fsp3) is 0.929. The van der Waals surface area contributed by atoms with Crippen molar-refractivity contribution < 1.29 is 14.6 Å². The number of ether oxygens (including phenoxy) is 1. The third kappa shape index (κ3) is 5.78. The molecular formula is C14H28N2O3. The van der Waals surface area contributed by atoms with Gasteiger partial charge in [0.15, 0.2) is 0 Å². The lowest BCUT2D eigenvalue weighted by Gasteiger charge is -2.31. The molecule has 5 nitrogen and oxygen atoms in total. The van der Waals surface area contributed by atoms with Crippen molar-refractivity contribution in [1.29, 1.82) is 0 Å². The van der Waals surface area contributed by atoms with Gasteiger partial charge in [0.25, 0.3) is 0 Å². The fourth-order valence-corrected chi connectivity index (χ4v) is 2.40. The molecule has 0 aromatic carbocycles. The normalized spacial score (nSPS) is 18.1. The van der Waals surface area contributed by atoms with Crippen molar-refractivity contribution >= 4 is 6.03 Å². The molecule has 0 spiro atoms. The summed E-state index contributed by atoms with van der Waals surface area (Å²) >= 11 is 0. The minimum atomic E-state index is -0.0542. The molecule has 1 fully saturated rings. The first kappa shape index (κ1) is 16.2. The van der Waals surface area contributed by atoms with Crippen molar-refractivity contribution in [2.24, 2.45) is 5.92 Å². The molecule has 1 aliphatic rings. The van der Waals surface area contributed by atoms with Crippen LogP contribution in [0.3, 0.4) is 0 Å². The molecule has 1 heterocycles. The highest BCUT2D eigenvalue weighted by molar-refractivity contribution is 5.74. The molecule has 0 aromatic rings. The number of aliphatic hydroxyl groups is 1. The summed E-state index contributed by atoms with van der Waals surface area (Å²) in [5.74, 6) is 0.500. The van der Waals surface area contributed by atoms with Gasteiger partial charge in [0.1, 0.15) is 0 Å². The summed E-state index contributed by atoms with van der Waals surface area (Å²) in [6.45, 7) is 6.88. The standard InChI is InChI=1S/C14H28N2O3/c1-3-4-7-16(8-9-17)14(18)15-12(2)13-5-10-19-11-6-13/h12-13,17H,3-11H2,1-2H3,(H,15,18). The van der Waals surface area contributed by atoms with Gasteiger partial charge in [0.05, 0.1) is 6.61 Å². The van der Waals surface area contributed by atoms with E-state index in [-0.39, 0.29) is 18.7 Å². The largest absolute Gasteiger partial charge is 0.395 e. The second-order valence-corrected chi connectivity index (χ2v) is 5.25. The van der Waals surface area contributed by atoms with Crippen LogP contribution in [-0.4, -0.2) is 55.0 Å². The minimum absolute atomic E-state index is 0.0167. The topological polar surface area (TPSA) is 61.8 Å². The summed E-state index contributed by atoms with van der Waals surface area (Å²) in [6.07, 6.45) is 4.04. The Balaban J connectivity index is 2.40. The van der Waals surface area contributed by atoms with Gasteiger partial charge in [-0.3, -0.25) is 0 Å². The van der Waals surface area contributed by atoms with E-state index in [9.17, 15) is 4.79 Å². The van der Waals surface area contributed by atoms with Gasteiger partial charge >= 0.3 is 6.03 Å². The van der Waals surface area contributed by atoms with E-state index >= 15 is 0 Å². The Labute approximate surface area is 116 Å². The second-order valence-electron chi connectivity index (χ2n) is 5.25. The van der Waals surface area contributed by atoms with Crippen LogP contribution in [0.2, 0.25) is 0 Å². The lowest BCUT2D eigenvalue weighted by molar-refractivity contribution is 0.0561. The number of hydrogen-bond donors (Lipinski definition) is 2. The first-order chi connectivity index (χ1) is 9.19. The molecule has 1 saturated heterocycles.